The molecule has 0 bridgehead atoms. The van der Waals surface area contributed by atoms with Crippen molar-refractivity contribution in [1.82, 2.24) is 0 Å². The lowest BCUT2D eigenvalue weighted by atomic mass is 9.87. The maximum absolute atomic E-state index is 2.32. The van der Waals surface area contributed by atoms with Gasteiger partial charge in [-0.25, -0.2) is 0 Å². The van der Waals surface area contributed by atoms with Crippen LogP contribution in [-0.4, -0.2) is 0 Å². The van der Waals surface area contributed by atoms with Gasteiger partial charge in [-0.2, -0.15) is 0 Å². The minimum atomic E-state index is 0.615. The molecule has 0 aromatic carbocycles. The van der Waals surface area contributed by atoms with Crippen LogP contribution in [0.3, 0.4) is 0 Å². The molecule has 60 valence electrons. The molecule has 2 unspecified atom stereocenters. The smallest absolute Gasteiger partial charge is 0.00100 e. The Labute approximate surface area is 69.3 Å². The van der Waals surface area contributed by atoms with Crippen LogP contribution >= 0.6 is 0 Å². The van der Waals surface area contributed by atoms with Crippen LogP contribution < -0.4 is 0 Å². The van der Waals surface area contributed by atoms with E-state index in [1.165, 1.54) is 5.57 Å². The SMILES string of the molecule is C/C=C\C1C=CC(C)=CC1C. The van der Waals surface area contributed by atoms with Crippen molar-refractivity contribution in [3.05, 3.63) is 36.0 Å². The average Bonchev–Trinajstić information content (AvgIpc) is 1.95. The van der Waals surface area contributed by atoms with Gasteiger partial charge >= 0.3 is 0 Å². The molecule has 0 nitrogen and oxygen atoms in total. The van der Waals surface area contributed by atoms with E-state index in [0.717, 1.165) is 0 Å². The molecule has 1 aliphatic rings. The van der Waals surface area contributed by atoms with E-state index in [4.69, 9.17) is 0 Å². The molecule has 1 rings (SSSR count). The summed E-state index contributed by atoms with van der Waals surface area (Å²) in [5, 5.41) is 0. The van der Waals surface area contributed by atoms with Crippen molar-refractivity contribution in [3.8, 4) is 0 Å². The third kappa shape index (κ3) is 2.07. The van der Waals surface area contributed by atoms with Crippen LogP contribution in [0.15, 0.2) is 36.0 Å². The minimum absolute atomic E-state index is 0.615. The zero-order chi connectivity index (χ0) is 8.27. The van der Waals surface area contributed by atoms with Crippen molar-refractivity contribution in [3.63, 3.8) is 0 Å². The molecule has 1 aliphatic carbocycles. The summed E-state index contributed by atoms with van der Waals surface area (Å²) >= 11 is 0. The quantitative estimate of drug-likeness (QED) is 0.500. The fourth-order valence-electron chi connectivity index (χ4n) is 1.48. The van der Waals surface area contributed by atoms with Crippen molar-refractivity contribution in [2.24, 2.45) is 11.8 Å². The van der Waals surface area contributed by atoms with Gasteiger partial charge in [0.05, 0.1) is 0 Å². The Morgan fingerprint density at radius 3 is 2.73 bits per heavy atom. The number of hydrogen-bond acceptors (Lipinski definition) is 0. The van der Waals surface area contributed by atoms with Gasteiger partial charge in [0.2, 0.25) is 0 Å². The second kappa shape index (κ2) is 3.56. The van der Waals surface area contributed by atoms with E-state index in [-0.39, 0.29) is 0 Å². The summed E-state index contributed by atoms with van der Waals surface area (Å²) < 4.78 is 0. The highest BCUT2D eigenvalue weighted by molar-refractivity contribution is 5.25. The Balaban J connectivity index is 2.69. The predicted molar refractivity (Wildman–Crippen MR) is 50.4 cm³/mol. The molecule has 11 heavy (non-hydrogen) atoms. The summed E-state index contributed by atoms with van der Waals surface area (Å²) in [6.07, 6.45) is 11.2. The summed E-state index contributed by atoms with van der Waals surface area (Å²) in [6.45, 7) is 6.49. The molecular weight excluding hydrogens is 132 g/mol. The van der Waals surface area contributed by atoms with Crippen molar-refractivity contribution in [2.45, 2.75) is 20.8 Å². The van der Waals surface area contributed by atoms with E-state index >= 15 is 0 Å². The molecule has 0 amide bonds. The molecule has 0 aliphatic heterocycles. The van der Waals surface area contributed by atoms with Gasteiger partial charge in [0.25, 0.3) is 0 Å². The lowest BCUT2D eigenvalue weighted by Crippen LogP contribution is -2.07. The van der Waals surface area contributed by atoms with Crippen molar-refractivity contribution >= 4 is 0 Å². The normalized spacial score (nSPS) is 31.0. The molecule has 0 saturated carbocycles. The van der Waals surface area contributed by atoms with Crippen molar-refractivity contribution < 1.29 is 0 Å². The lowest BCUT2D eigenvalue weighted by molar-refractivity contribution is 0.600. The summed E-state index contributed by atoms with van der Waals surface area (Å²) in [7, 11) is 0. The lowest BCUT2D eigenvalue weighted by Gasteiger charge is -2.18. The minimum Gasteiger partial charge on any atom is -0.0910 e. The van der Waals surface area contributed by atoms with Gasteiger partial charge in [-0.05, 0) is 19.8 Å². The van der Waals surface area contributed by atoms with Crippen LogP contribution in [0.2, 0.25) is 0 Å². The molecule has 0 N–H and O–H groups in total. The molecule has 2 atom stereocenters. The van der Waals surface area contributed by atoms with Crippen molar-refractivity contribution in [1.29, 1.82) is 0 Å². The van der Waals surface area contributed by atoms with E-state index in [1.54, 1.807) is 0 Å². The van der Waals surface area contributed by atoms with Crippen molar-refractivity contribution in [2.75, 3.05) is 0 Å². The molecule has 0 radical (unpaired) electrons. The number of allylic oxidation sites excluding steroid dienone is 6. The zero-order valence-corrected chi connectivity index (χ0v) is 7.54. The van der Waals surface area contributed by atoms with Gasteiger partial charge in [0, 0.05) is 5.92 Å². The summed E-state index contributed by atoms with van der Waals surface area (Å²) in [5.74, 6) is 1.28. The molecule has 0 fully saturated rings. The highest BCUT2D eigenvalue weighted by atomic mass is 14.2. The van der Waals surface area contributed by atoms with E-state index in [1.807, 2.05) is 0 Å². The highest BCUT2D eigenvalue weighted by Crippen LogP contribution is 2.23. The topological polar surface area (TPSA) is 0 Å². The second-order valence-corrected chi connectivity index (χ2v) is 3.23. The van der Waals surface area contributed by atoms with Gasteiger partial charge in [-0.1, -0.05) is 42.9 Å². The monoisotopic (exact) mass is 148 g/mol. The summed E-state index contributed by atoms with van der Waals surface area (Å²) in [5.41, 5.74) is 1.39. The van der Waals surface area contributed by atoms with E-state index < -0.39 is 0 Å². The van der Waals surface area contributed by atoms with E-state index in [9.17, 15) is 0 Å². The average molecular weight is 148 g/mol. The summed E-state index contributed by atoms with van der Waals surface area (Å²) in [6, 6.07) is 0. The van der Waals surface area contributed by atoms with Gasteiger partial charge in [0.15, 0.2) is 0 Å². The molecule has 0 heterocycles. The first-order chi connectivity index (χ1) is 5.24. The van der Waals surface area contributed by atoms with Crippen LogP contribution in [0, 0.1) is 11.8 Å². The maximum Gasteiger partial charge on any atom is 0.00100 e. The molecule has 0 aromatic heterocycles. The van der Waals surface area contributed by atoms with Gasteiger partial charge in [0.1, 0.15) is 0 Å². The first-order valence-electron chi connectivity index (χ1n) is 4.23. The Morgan fingerprint density at radius 2 is 2.18 bits per heavy atom. The third-order valence-electron chi connectivity index (χ3n) is 2.13. The Bertz CT molecular complexity index is 206. The zero-order valence-electron chi connectivity index (χ0n) is 7.54. The third-order valence-corrected chi connectivity index (χ3v) is 2.13. The molecule has 0 saturated heterocycles. The van der Waals surface area contributed by atoms with Gasteiger partial charge in [-0.15, -0.1) is 0 Å². The van der Waals surface area contributed by atoms with E-state index in [2.05, 4.69) is 51.2 Å². The van der Waals surface area contributed by atoms with Gasteiger partial charge < -0.3 is 0 Å². The molecule has 0 heteroatoms. The highest BCUT2D eigenvalue weighted by Gasteiger charge is 2.11. The second-order valence-electron chi connectivity index (χ2n) is 3.23. The van der Waals surface area contributed by atoms with Crippen LogP contribution in [0.5, 0.6) is 0 Å². The van der Waals surface area contributed by atoms with Crippen LogP contribution in [0.25, 0.3) is 0 Å². The fraction of sp³-hybridized carbons (Fsp3) is 0.455. The molecular formula is C11H16. The van der Waals surface area contributed by atoms with Gasteiger partial charge in [-0.3, -0.25) is 0 Å². The number of hydrogen-bond donors (Lipinski definition) is 0. The Hall–Kier alpha value is -0.780. The largest absolute Gasteiger partial charge is 0.0910 e. The summed E-state index contributed by atoms with van der Waals surface area (Å²) in [4.78, 5) is 0. The standard InChI is InChI=1S/C11H16/c1-4-5-11-7-6-9(2)8-10(11)3/h4-8,10-11H,1-3H3/b5-4-. The van der Waals surface area contributed by atoms with Crippen LogP contribution in [-0.2, 0) is 0 Å². The van der Waals surface area contributed by atoms with Crippen LogP contribution in [0.1, 0.15) is 20.8 Å². The molecule has 0 aromatic rings. The van der Waals surface area contributed by atoms with E-state index in [0.29, 0.717) is 11.8 Å². The predicted octanol–water partition coefficient (Wildman–Crippen LogP) is 3.33. The Kier molecular flexibility index (Phi) is 2.70. The number of rotatable bonds is 1. The first kappa shape index (κ1) is 8.32. The Morgan fingerprint density at radius 1 is 1.45 bits per heavy atom. The first-order valence-corrected chi connectivity index (χ1v) is 4.23. The fourth-order valence-corrected chi connectivity index (χ4v) is 1.48. The molecule has 0 spiro atoms. The maximum atomic E-state index is 2.32. The van der Waals surface area contributed by atoms with Crippen LogP contribution in [0.4, 0.5) is 0 Å².